The Kier molecular flexibility index (Phi) is 2.82. The SMILES string of the molecule is C=C(C)N1C(=O)SC[C@H]1c1ccccc1. The Balaban J connectivity index is 2.30. The summed E-state index contributed by atoms with van der Waals surface area (Å²) in [7, 11) is 0. The van der Waals surface area contributed by atoms with E-state index in [0.717, 1.165) is 11.4 Å². The van der Waals surface area contributed by atoms with Crippen LogP contribution in [0.25, 0.3) is 0 Å². The molecule has 0 N–H and O–H groups in total. The highest BCUT2D eigenvalue weighted by Gasteiger charge is 2.33. The topological polar surface area (TPSA) is 20.3 Å². The highest BCUT2D eigenvalue weighted by molar-refractivity contribution is 8.13. The predicted molar refractivity (Wildman–Crippen MR) is 63.7 cm³/mol. The van der Waals surface area contributed by atoms with Gasteiger partial charge in [-0.15, -0.1) is 0 Å². The van der Waals surface area contributed by atoms with Crippen molar-refractivity contribution in [3.8, 4) is 0 Å². The van der Waals surface area contributed by atoms with Gasteiger partial charge in [0.05, 0.1) is 6.04 Å². The van der Waals surface area contributed by atoms with E-state index < -0.39 is 0 Å². The first-order valence-corrected chi connectivity index (χ1v) is 5.85. The van der Waals surface area contributed by atoms with Gasteiger partial charge in [-0.2, -0.15) is 0 Å². The molecule has 0 spiro atoms. The van der Waals surface area contributed by atoms with E-state index in [9.17, 15) is 4.79 Å². The zero-order valence-electron chi connectivity index (χ0n) is 8.64. The van der Waals surface area contributed by atoms with Crippen molar-refractivity contribution in [3.05, 3.63) is 48.2 Å². The summed E-state index contributed by atoms with van der Waals surface area (Å²) < 4.78 is 0. The summed E-state index contributed by atoms with van der Waals surface area (Å²) >= 11 is 1.36. The van der Waals surface area contributed by atoms with E-state index in [-0.39, 0.29) is 11.3 Å². The molecule has 1 aromatic carbocycles. The molecule has 3 heteroatoms. The van der Waals surface area contributed by atoms with Crippen LogP contribution in [0.3, 0.4) is 0 Å². The van der Waals surface area contributed by atoms with Gasteiger partial charge in [0, 0.05) is 11.4 Å². The van der Waals surface area contributed by atoms with Crippen molar-refractivity contribution in [2.24, 2.45) is 0 Å². The van der Waals surface area contributed by atoms with E-state index in [1.54, 1.807) is 4.90 Å². The summed E-state index contributed by atoms with van der Waals surface area (Å²) in [4.78, 5) is 13.4. The summed E-state index contributed by atoms with van der Waals surface area (Å²) in [6.07, 6.45) is 0. The minimum Gasteiger partial charge on any atom is -0.300 e. The Labute approximate surface area is 94.0 Å². The number of carbonyl (C=O) groups is 1. The molecule has 1 aliphatic heterocycles. The van der Waals surface area contributed by atoms with E-state index in [1.807, 2.05) is 25.1 Å². The second-order valence-electron chi connectivity index (χ2n) is 3.61. The maximum absolute atomic E-state index is 11.6. The van der Waals surface area contributed by atoms with Crippen LogP contribution >= 0.6 is 11.8 Å². The van der Waals surface area contributed by atoms with E-state index >= 15 is 0 Å². The lowest BCUT2D eigenvalue weighted by Crippen LogP contribution is -2.24. The third-order valence-electron chi connectivity index (χ3n) is 2.47. The summed E-state index contributed by atoms with van der Waals surface area (Å²) in [6.45, 7) is 5.73. The Morgan fingerprint density at radius 2 is 2.13 bits per heavy atom. The highest BCUT2D eigenvalue weighted by Crippen LogP contribution is 2.37. The first kappa shape index (κ1) is 10.3. The van der Waals surface area contributed by atoms with Gasteiger partial charge in [-0.05, 0) is 12.5 Å². The van der Waals surface area contributed by atoms with Crippen LogP contribution in [0.5, 0.6) is 0 Å². The number of allylic oxidation sites excluding steroid dienone is 1. The molecule has 1 saturated heterocycles. The third-order valence-corrected chi connectivity index (χ3v) is 3.39. The summed E-state index contributed by atoms with van der Waals surface area (Å²) in [5.74, 6) is 0.815. The molecule has 0 radical (unpaired) electrons. The zero-order valence-corrected chi connectivity index (χ0v) is 9.46. The number of thioether (sulfide) groups is 1. The number of amides is 1. The predicted octanol–water partition coefficient (Wildman–Crippen LogP) is 3.43. The summed E-state index contributed by atoms with van der Waals surface area (Å²) in [6, 6.07) is 10.2. The van der Waals surface area contributed by atoms with Gasteiger partial charge in [-0.25, -0.2) is 0 Å². The molecule has 2 rings (SSSR count). The fraction of sp³-hybridized carbons (Fsp3) is 0.250. The second kappa shape index (κ2) is 4.11. The van der Waals surface area contributed by atoms with Crippen molar-refractivity contribution in [1.82, 2.24) is 4.90 Å². The van der Waals surface area contributed by atoms with Gasteiger partial charge in [0.15, 0.2) is 0 Å². The molecular formula is C12H13NOS. The van der Waals surface area contributed by atoms with Gasteiger partial charge in [-0.3, -0.25) is 9.69 Å². The zero-order chi connectivity index (χ0) is 10.8. The fourth-order valence-corrected chi connectivity index (χ4v) is 2.83. The highest BCUT2D eigenvalue weighted by atomic mass is 32.2. The van der Waals surface area contributed by atoms with Crippen LogP contribution in [0.15, 0.2) is 42.6 Å². The molecule has 0 unspecified atom stereocenters. The Morgan fingerprint density at radius 3 is 2.73 bits per heavy atom. The number of carbonyl (C=O) groups excluding carboxylic acids is 1. The number of hydrogen-bond donors (Lipinski definition) is 0. The summed E-state index contributed by atoms with van der Waals surface area (Å²) in [5.41, 5.74) is 2.00. The molecule has 0 aromatic heterocycles. The van der Waals surface area contributed by atoms with E-state index in [2.05, 4.69) is 18.7 Å². The van der Waals surface area contributed by atoms with Gasteiger partial charge in [0.2, 0.25) is 0 Å². The minimum absolute atomic E-state index is 0.108. The van der Waals surface area contributed by atoms with E-state index in [4.69, 9.17) is 0 Å². The maximum Gasteiger partial charge on any atom is 0.286 e. The molecule has 0 saturated carbocycles. The van der Waals surface area contributed by atoms with Gasteiger partial charge in [0.1, 0.15) is 0 Å². The number of rotatable bonds is 2. The third kappa shape index (κ3) is 1.92. The van der Waals surface area contributed by atoms with Crippen molar-refractivity contribution in [1.29, 1.82) is 0 Å². The largest absolute Gasteiger partial charge is 0.300 e. The molecule has 2 nitrogen and oxygen atoms in total. The van der Waals surface area contributed by atoms with E-state index in [1.165, 1.54) is 17.3 Å². The molecule has 1 aliphatic rings. The minimum atomic E-state index is 0.108. The Hall–Kier alpha value is -1.22. The molecule has 1 amide bonds. The summed E-state index contributed by atoms with van der Waals surface area (Å²) in [5, 5.41) is 0.108. The molecule has 1 aromatic rings. The van der Waals surface area contributed by atoms with Crippen LogP contribution in [0, 0.1) is 0 Å². The monoisotopic (exact) mass is 219 g/mol. The average Bonchev–Trinajstić information content (AvgIpc) is 2.61. The van der Waals surface area contributed by atoms with Crippen molar-refractivity contribution in [2.75, 3.05) is 5.75 Å². The number of hydrogen-bond acceptors (Lipinski definition) is 2. The first-order chi connectivity index (χ1) is 7.20. The van der Waals surface area contributed by atoms with Crippen molar-refractivity contribution in [2.45, 2.75) is 13.0 Å². The van der Waals surface area contributed by atoms with Crippen LogP contribution in [0.4, 0.5) is 4.79 Å². The van der Waals surface area contributed by atoms with Gasteiger partial charge in [0.25, 0.3) is 5.24 Å². The lowest BCUT2D eigenvalue weighted by atomic mass is 10.1. The number of benzene rings is 1. The molecule has 0 aliphatic carbocycles. The van der Waals surface area contributed by atoms with E-state index in [0.29, 0.717) is 0 Å². The standard InChI is InChI=1S/C12H13NOS/c1-9(2)13-11(8-15-12(13)14)10-6-4-3-5-7-10/h3-7,11H,1,8H2,2H3/t11-/m0/s1. The van der Waals surface area contributed by atoms with Crippen LogP contribution in [-0.4, -0.2) is 15.9 Å². The molecule has 15 heavy (non-hydrogen) atoms. The molecular weight excluding hydrogens is 206 g/mol. The van der Waals surface area contributed by atoms with Gasteiger partial charge >= 0.3 is 0 Å². The van der Waals surface area contributed by atoms with Crippen LogP contribution < -0.4 is 0 Å². The van der Waals surface area contributed by atoms with Crippen LogP contribution in [-0.2, 0) is 0 Å². The lowest BCUT2D eigenvalue weighted by Gasteiger charge is -2.23. The molecule has 0 bridgehead atoms. The van der Waals surface area contributed by atoms with Gasteiger partial charge in [-0.1, -0.05) is 48.7 Å². The van der Waals surface area contributed by atoms with Crippen LogP contribution in [0.1, 0.15) is 18.5 Å². The lowest BCUT2D eigenvalue weighted by molar-refractivity contribution is 0.228. The van der Waals surface area contributed by atoms with Crippen molar-refractivity contribution in [3.63, 3.8) is 0 Å². The quantitative estimate of drug-likeness (QED) is 0.759. The molecule has 1 atom stereocenters. The second-order valence-corrected chi connectivity index (χ2v) is 4.58. The molecule has 1 fully saturated rings. The average molecular weight is 219 g/mol. The Morgan fingerprint density at radius 1 is 1.47 bits per heavy atom. The Bertz CT molecular complexity index is 388. The first-order valence-electron chi connectivity index (χ1n) is 4.86. The van der Waals surface area contributed by atoms with Crippen molar-refractivity contribution >= 4 is 17.0 Å². The molecule has 78 valence electrons. The smallest absolute Gasteiger partial charge is 0.286 e. The fourth-order valence-electron chi connectivity index (χ4n) is 1.76. The van der Waals surface area contributed by atoms with Crippen LogP contribution in [0.2, 0.25) is 0 Å². The number of nitrogens with zero attached hydrogens (tertiary/aromatic N) is 1. The van der Waals surface area contributed by atoms with Gasteiger partial charge < -0.3 is 0 Å². The normalized spacial score (nSPS) is 20.7. The molecule has 1 heterocycles. The van der Waals surface area contributed by atoms with Crippen molar-refractivity contribution < 1.29 is 4.79 Å². The maximum atomic E-state index is 11.6.